The van der Waals surface area contributed by atoms with Crippen molar-refractivity contribution in [3.05, 3.63) is 66.1 Å². The lowest BCUT2D eigenvalue weighted by molar-refractivity contribution is -0.116. The molecule has 0 saturated carbocycles. The number of benzene rings is 2. The van der Waals surface area contributed by atoms with Gasteiger partial charge in [-0.05, 0) is 36.2 Å². The van der Waals surface area contributed by atoms with Gasteiger partial charge in [-0.2, -0.15) is 0 Å². The summed E-state index contributed by atoms with van der Waals surface area (Å²) < 4.78 is 18.5. The molecule has 0 bridgehead atoms. The van der Waals surface area contributed by atoms with Crippen molar-refractivity contribution in [2.45, 2.75) is 12.8 Å². The number of rotatable bonds is 5. The number of hydrogen-bond donors (Lipinski definition) is 1. The molecule has 24 heavy (non-hydrogen) atoms. The molecule has 0 fully saturated rings. The minimum Gasteiger partial charge on any atom is -0.494 e. The Morgan fingerprint density at radius 3 is 2.83 bits per heavy atom. The van der Waals surface area contributed by atoms with Crippen LogP contribution in [0.3, 0.4) is 0 Å². The summed E-state index contributed by atoms with van der Waals surface area (Å²) in [5.41, 5.74) is 2.28. The quantitative estimate of drug-likeness (QED) is 0.773. The van der Waals surface area contributed by atoms with Gasteiger partial charge in [-0.15, -0.1) is 0 Å². The van der Waals surface area contributed by atoms with E-state index in [0.29, 0.717) is 12.1 Å². The van der Waals surface area contributed by atoms with E-state index in [0.717, 1.165) is 16.5 Å². The lowest BCUT2D eigenvalue weighted by atomic mass is 10.1. The number of methoxy groups -OCH3 is 1. The maximum absolute atomic E-state index is 13.6. The van der Waals surface area contributed by atoms with Gasteiger partial charge in [0.05, 0.1) is 24.5 Å². The summed E-state index contributed by atoms with van der Waals surface area (Å²) in [6, 6.07) is 14.3. The van der Waals surface area contributed by atoms with Gasteiger partial charge in [0, 0.05) is 11.8 Å². The molecule has 122 valence electrons. The van der Waals surface area contributed by atoms with Crippen LogP contribution in [0.5, 0.6) is 5.75 Å². The average molecular weight is 324 g/mol. The van der Waals surface area contributed by atoms with Crippen molar-refractivity contribution in [3.8, 4) is 5.75 Å². The summed E-state index contributed by atoms with van der Waals surface area (Å²) >= 11 is 0. The van der Waals surface area contributed by atoms with Gasteiger partial charge in [0.15, 0.2) is 11.6 Å². The highest BCUT2D eigenvalue weighted by molar-refractivity contribution is 5.93. The second-order valence-corrected chi connectivity index (χ2v) is 5.43. The molecular formula is C19H17FN2O2. The maximum atomic E-state index is 13.6. The fourth-order valence-corrected chi connectivity index (χ4v) is 2.49. The van der Waals surface area contributed by atoms with Crippen LogP contribution in [0.1, 0.15) is 12.0 Å². The Bertz CT molecular complexity index is 880. The zero-order valence-electron chi connectivity index (χ0n) is 13.3. The molecule has 0 radical (unpaired) electrons. The molecule has 1 heterocycles. The van der Waals surface area contributed by atoms with Gasteiger partial charge in [0.2, 0.25) is 5.91 Å². The predicted octanol–water partition coefficient (Wildman–Crippen LogP) is 3.95. The number of aryl methyl sites for hydroxylation is 1. The largest absolute Gasteiger partial charge is 0.494 e. The number of para-hydroxylation sites is 1. The number of aromatic nitrogens is 1. The van der Waals surface area contributed by atoms with E-state index in [4.69, 9.17) is 4.74 Å². The highest BCUT2D eigenvalue weighted by atomic mass is 19.1. The molecule has 0 spiro atoms. The number of halogens is 1. The molecule has 2 aromatic carbocycles. The van der Waals surface area contributed by atoms with Gasteiger partial charge in [-0.25, -0.2) is 4.39 Å². The summed E-state index contributed by atoms with van der Waals surface area (Å²) in [6.45, 7) is 0. The van der Waals surface area contributed by atoms with E-state index in [-0.39, 0.29) is 18.1 Å². The Kier molecular flexibility index (Phi) is 4.70. The normalized spacial score (nSPS) is 10.6. The van der Waals surface area contributed by atoms with Crippen molar-refractivity contribution in [3.63, 3.8) is 0 Å². The van der Waals surface area contributed by atoms with Gasteiger partial charge in [-0.3, -0.25) is 9.78 Å². The number of amides is 1. The molecule has 0 unspecified atom stereocenters. The van der Waals surface area contributed by atoms with Gasteiger partial charge in [-0.1, -0.05) is 24.3 Å². The van der Waals surface area contributed by atoms with Crippen molar-refractivity contribution in [1.82, 2.24) is 4.98 Å². The molecule has 1 N–H and O–H groups in total. The number of ether oxygens (including phenoxy) is 1. The van der Waals surface area contributed by atoms with Crippen LogP contribution in [-0.2, 0) is 11.2 Å². The molecule has 1 amide bonds. The predicted molar refractivity (Wildman–Crippen MR) is 91.6 cm³/mol. The SMILES string of the molecule is COc1ccc(CCC(=O)Nc2cnc3ccccc3c2)cc1F. The number of carbonyl (C=O) groups excluding carboxylic acids is 1. The smallest absolute Gasteiger partial charge is 0.224 e. The van der Waals surface area contributed by atoms with Gasteiger partial charge in [0.1, 0.15) is 0 Å². The molecule has 0 aliphatic heterocycles. The third-order valence-corrected chi connectivity index (χ3v) is 3.73. The molecule has 0 atom stereocenters. The molecule has 0 saturated heterocycles. The Balaban J connectivity index is 1.61. The molecule has 0 aliphatic rings. The maximum Gasteiger partial charge on any atom is 0.224 e. The summed E-state index contributed by atoms with van der Waals surface area (Å²) in [7, 11) is 1.42. The van der Waals surface area contributed by atoms with Crippen molar-refractivity contribution < 1.29 is 13.9 Å². The van der Waals surface area contributed by atoms with Crippen LogP contribution >= 0.6 is 0 Å². The minimum atomic E-state index is -0.422. The molecule has 0 aliphatic carbocycles. The first kappa shape index (κ1) is 15.9. The number of nitrogens with one attached hydrogen (secondary N) is 1. The van der Waals surface area contributed by atoms with Crippen LogP contribution in [0.25, 0.3) is 10.9 Å². The molecule has 5 heteroatoms. The molecule has 3 rings (SSSR count). The standard InChI is InChI=1S/C19H17FN2O2/c1-24-18-8-6-13(10-16(18)20)7-9-19(23)22-15-11-14-4-2-3-5-17(14)21-12-15/h2-6,8,10-12H,7,9H2,1H3,(H,22,23). The van der Waals surface area contributed by atoms with E-state index in [1.54, 1.807) is 18.3 Å². The van der Waals surface area contributed by atoms with Crippen molar-refractivity contribution in [2.75, 3.05) is 12.4 Å². The fraction of sp³-hybridized carbons (Fsp3) is 0.158. The first-order valence-corrected chi connectivity index (χ1v) is 7.63. The van der Waals surface area contributed by atoms with Crippen LogP contribution in [0.2, 0.25) is 0 Å². The van der Waals surface area contributed by atoms with E-state index in [2.05, 4.69) is 10.3 Å². The first-order valence-electron chi connectivity index (χ1n) is 7.63. The van der Waals surface area contributed by atoms with Crippen molar-refractivity contribution in [1.29, 1.82) is 0 Å². The van der Waals surface area contributed by atoms with Crippen molar-refractivity contribution in [2.24, 2.45) is 0 Å². The number of fused-ring (bicyclic) bond motifs is 1. The number of anilines is 1. The monoisotopic (exact) mass is 324 g/mol. The van der Waals surface area contributed by atoms with Gasteiger partial charge >= 0.3 is 0 Å². The van der Waals surface area contributed by atoms with E-state index in [9.17, 15) is 9.18 Å². The average Bonchev–Trinajstić information content (AvgIpc) is 2.60. The van der Waals surface area contributed by atoms with E-state index in [1.165, 1.54) is 13.2 Å². The zero-order chi connectivity index (χ0) is 16.9. The molecule has 4 nitrogen and oxygen atoms in total. The van der Waals surface area contributed by atoms with Gasteiger partial charge in [0.25, 0.3) is 0 Å². The fourth-order valence-electron chi connectivity index (χ4n) is 2.49. The van der Waals surface area contributed by atoms with E-state index >= 15 is 0 Å². The third-order valence-electron chi connectivity index (χ3n) is 3.73. The van der Waals surface area contributed by atoms with Gasteiger partial charge < -0.3 is 10.1 Å². The Labute approximate surface area is 139 Å². The molecule has 1 aromatic heterocycles. The second kappa shape index (κ2) is 7.08. The Morgan fingerprint density at radius 1 is 1.21 bits per heavy atom. The van der Waals surface area contributed by atoms with Crippen LogP contribution < -0.4 is 10.1 Å². The summed E-state index contributed by atoms with van der Waals surface area (Å²) in [6.07, 6.45) is 2.35. The van der Waals surface area contributed by atoms with E-state index in [1.807, 2.05) is 30.3 Å². The summed E-state index contributed by atoms with van der Waals surface area (Å²) in [5.74, 6) is -0.358. The number of hydrogen-bond acceptors (Lipinski definition) is 3. The minimum absolute atomic E-state index is 0.136. The van der Waals surface area contributed by atoms with Crippen LogP contribution in [0.15, 0.2) is 54.7 Å². The summed E-state index contributed by atoms with van der Waals surface area (Å²) in [4.78, 5) is 16.4. The molecular weight excluding hydrogens is 307 g/mol. The van der Waals surface area contributed by atoms with E-state index < -0.39 is 5.82 Å². The van der Waals surface area contributed by atoms with Crippen LogP contribution in [0, 0.1) is 5.82 Å². The topological polar surface area (TPSA) is 51.2 Å². The lowest BCUT2D eigenvalue weighted by Crippen LogP contribution is -2.12. The summed E-state index contributed by atoms with van der Waals surface area (Å²) in [5, 5.41) is 3.79. The van der Waals surface area contributed by atoms with Crippen molar-refractivity contribution >= 4 is 22.5 Å². The number of carbonyl (C=O) groups is 1. The highest BCUT2D eigenvalue weighted by Gasteiger charge is 2.07. The number of nitrogens with zero attached hydrogens (tertiary/aromatic N) is 1. The Hall–Kier alpha value is -2.95. The highest BCUT2D eigenvalue weighted by Crippen LogP contribution is 2.19. The Morgan fingerprint density at radius 2 is 2.04 bits per heavy atom. The third kappa shape index (κ3) is 3.68. The first-order chi connectivity index (χ1) is 11.7. The second-order valence-electron chi connectivity index (χ2n) is 5.43. The number of pyridine rings is 1. The van der Waals surface area contributed by atoms with Crippen LogP contribution in [0.4, 0.5) is 10.1 Å². The molecule has 3 aromatic rings. The lowest BCUT2D eigenvalue weighted by Gasteiger charge is -2.07. The zero-order valence-corrected chi connectivity index (χ0v) is 13.3. The van der Waals surface area contributed by atoms with Crippen LogP contribution in [-0.4, -0.2) is 18.0 Å².